The number of aryl methyl sites for hydroxylation is 2. The average Bonchev–Trinajstić information content (AvgIpc) is 2.61. The van der Waals surface area contributed by atoms with Crippen LogP contribution < -0.4 is 11.1 Å². The van der Waals surface area contributed by atoms with Gasteiger partial charge >= 0.3 is 0 Å². The second-order valence-electron chi connectivity index (χ2n) is 6.05. The average molecular weight is 266 g/mol. The van der Waals surface area contributed by atoms with Crippen LogP contribution in [0.5, 0.6) is 0 Å². The number of nitrogen functional groups attached to an aromatic ring is 1. The van der Waals surface area contributed by atoms with E-state index < -0.39 is 0 Å². The van der Waals surface area contributed by atoms with Gasteiger partial charge in [-0.05, 0) is 19.8 Å². The molecule has 0 amide bonds. The van der Waals surface area contributed by atoms with E-state index >= 15 is 0 Å². The van der Waals surface area contributed by atoms with Crippen molar-refractivity contribution in [3.63, 3.8) is 0 Å². The van der Waals surface area contributed by atoms with E-state index in [-0.39, 0.29) is 5.41 Å². The van der Waals surface area contributed by atoms with Gasteiger partial charge in [0.15, 0.2) is 0 Å². The molecule has 0 spiro atoms. The molecule has 1 heterocycles. The number of hydrogen-bond donors (Lipinski definition) is 2. The maximum atomic E-state index is 6.14. The highest BCUT2D eigenvalue weighted by Gasteiger charge is 2.49. The fraction of sp³-hybridized carbons (Fsp3) is 0.786. The monoisotopic (exact) mass is 266 g/mol. The quantitative estimate of drug-likeness (QED) is 0.859. The number of rotatable bonds is 5. The molecule has 1 saturated carbocycles. The second-order valence-corrected chi connectivity index (χ2v) is 6.05. The third kappa shape index (κ3) is 2.31. The summed E-state index contributed by atoms with van der Waals surface area (Å²) in [5.41, 5.74) is 7.93. The van der Waals surface area contributed by atoms with E-state index in [1.165, 1.54) is 0 Å². The van der Waals surface area contributed by atoms with Crippen LogP contribution in [0, 0.1) is 12.3 Å². The van der Waals surface area contributed by atoms with E-state index in [1.807, 2.05) is 11.6 Å². The molecule has 0 saturated heterocycles. The lowest BCUT2D eigenvalue weighted by Gasteiger charge is -2.51. The lowest BCUT2D eigenvalue weighted by Crippen LogP contribution is -2.58. The maximum absolute atomic E-state index is 6.14. The van der Waals surface area contributed by atoms with Gasteiger partial charge in [-0.3, -0.25) is 0 Å². The first-order valence-corrected chi connectivity index (χ1v) is 7.04. The summed E-state index contributed by atoms with van der Waals surface area (Å²) in [4.78, 5) is 0. The summed E-state index contributed by atoms with van der Waals surface area (Å²) in [6.45, 7) is 9.45. The van der Waals surface area contributed by atoms with Gasteiger partial charge in [0.2, 0.25) is 0 Å². The number of nitrogens with zero attached hydrogens (tertiary/aromatic N) is 2. The molecule has 1 fully saturated rings. The number of ether oxygens (including phenoxy) is 1. The molecule has 2 atom stereocenters. The Kier molecular flexibility index (Phi) is 3.76. The van der Waals surface area contributed by atoms with Crippen molar-refractivity contribution < 1.29 is 4.74 Å². The molecule has 0 bridgehead atoms. The van der Waals surface area contributed by atoms with Crippen molar-refractivity contribution in [2.45, 2.75) is 59.2 Å². The van der Waals surface area contributed by atoms with E-state index in [2.05, 4.69) is 31.2 Å². The summed E-state index contributed by atoms with van der Waals surface area (Å²) in [5.74, 6) is 0.965. The van der Waals surface area contributed by atoms with Crippen molar-refractivity contribution >= 4 is 11.5 Å². The minimum atomic E-state index is 0.121. The SMILES string of the molecule is CCCn1nc(C)c(N)c1NC1CC(OC)C1(C)C. The molecular formula is C14H26N4O. The highest BCUT2D eigenvalue weighted by atomic mass is 16.5. The molecule has 1 aromatic heterocycles. The molecule has 1 aliphatic carbocycles. The van der Waals surface area contributed by atoms with Gasteiger partial charge in [-0.2, -0.15) is 5.10 Å². The Labute approximate surface area is 115 Å². The Morgan fingerprint density at radius 1 is 1.53 bits per heavy atom. The summed E-state index contributed by atoms with van der Waals surface area (Å²) >= 11 is 0. The van der Waals surface area contributed by atoms with Crippen LogP contribution in [-0.2, 0) is 11.3 Å². The Morgan fingerprint density at radius 3 is 2.74 bits per heavy atom. The summed E-state index contributed by atoms with van der Waals surface area (Å²) in [5, 5.41) is 8.07. The Balaban J connectivity index is 2.16. The zero-order valence-corrected chi connectivity index (χ0v) is 12.7. The molecule has 0 aliphatic heterocycles. The molecule has 0 aromatic carbocycles. The van der Waals surface area contributed by atoms with Crippen LogP contribution in [-0.4, -0.2) is 29.0 Å². The van der Waals surface area contributed by atoms with Crippen LogP contribution in [0.2, 0.25) is 0 Å². The third-order valence-electron chi connectivity index (χ3n) is 4.38. The first kappa shape index (κ1) is 14.2. The van der Waals surface area contributed by atoms with Crippen LogP contribution in [0.4, 0.5) is 11.5 Å². The van der Waals surface area contributed by atoms with Crippen molar-refractivity contribution in [1.82, 2.24) is 9.78 Å². The minimum absolute atomic E-state index is 0.121. The molecule has 2 unspecified atom stereocenters. The summed E-state index contributed by atoms with van der Waals surface area (Å²) in [7, 11) is 1.78. The van der Waals surface area contributed by atoms with Crippen LogP contribution >= 0.6 is 0 Å². The van der Waals surface area contributed by atoms with Gasteiger partial charge in [-0.15, -0.1) is 0 Å². The molecule has 1 aliphatic rings. The highest BCUT2D eigenvalue weighted by Crippen LogP contribution is 2.44. The van der Waals surface area contributed by atoms with E-state index in [9.17, 15) is 0 Å². The number of hydrogen-bond acceptors (Lipinski definition) is 4. The van der Waals surface area contributed by atoms with Gasteiger partial charge < -0.3 is 15.8 Å². The number of methoxy groups -OCH3 is 1. The van der Waals surface area contributed by atoms with Crippen molar-refractivity contribution in [2.75, 3.05) is 18.2 Å². The van der Waals surface area contributed by atoms with Crippen molar-refractivity contribution in [3.8, 4) is 0 Å². The molecule has 1 aromatic rings. The molecule has 0 radical (unpaired) electrons. The smallest absolute Gasteiger partial charge is 0.148 e. The zero-order valence-electron chi connectivity index (χ0n) is 12.7. The predicted molar refractivity (Wildman–Crippen MR) is 78.3 cm³/mol. The Bertz CT molecular complexity index is 453. The van der Waals surface area contributed by atoms with Gasteiger partial charge in [0.05, 0.1) is 17.5 Å². The molecule has 5 heteroatoms. The fourth-order valence-electron chi connectivity index (χ4n) is 2.82. The van der Waals surface area contributed by atoms with Gasteiger partial charge in [-0.25, -0.2) is 4.68 Å². The maximum Gasteiger partial charge on any atom is 0.148 e. The Hall–Kier alpha value is -1.23. The number of nitrogens with two attached hydrogens (primary N) is 1. The second kappa shape index (κ2) is 5.04. The van der Waals surface area contributed by atoms with E-state index in [4.69, 9.17) is 10.5 Å². The molecule has 5 nitrogen and oxygen atoms in total. The summed E-state index contributed by atoms with van der Waals surface area (Å²) in [6.07, 6.45) is 2.37. The normalized spacial score (nSPS) is 25.1. The van der Waals surface area contributed by atoms with Crippen molar-refractivity contribution in [1.29, 1.82) is 0 Å². The first-order valence-electron chi connectivity index (χ1n) is 7.04. The van der Waals surface area contributed by atoms with Crippen molar-refractivity contribution in [3.05, 3.63) is 5.69 Å². The molecule has 2 rings (SSSR count). The van der Waals surface area contributed by atoms with Gasteiger partial charge in [0, 0.05) is 25.1 Å². The van der Waals surface area contributed by atoms with E-state index in [0.717, 1.165) is 36.6 Å². The Morgan fingerprint density at radius 2 is 2.21 bits per heavy atom. The van der Waals surface area contributed by atoms with Crippen LogP contribution in [0.1, 0.15) is 39.3 Å². The number of aromatic nitrogens is 2. The fourth-order valence-corrected chi connectivity index (χ4v) is 2.82. The number of nitrogens with one attached hydrogen (secondary N) is 1. The summed E-state index contributed by atoms with van der Waals surface area (Å²) < 4.78 is 7.48. The van der Waals surface area contributed by atoms with E-state index in [1.54, 1.807) is 7.11 Å². The first-order chi connectivity index (χ1) is 8.91. The zero-order chi connectivity index (χ0) is 14.2. The van der Waals surface area contributed by atoms with Gasteiger partial charge in [-0.1, -0.05) is 20.8 Å². The van der Waals surface area contributed by atoms with Crippen LogP contribution in [0.15, 0.2) is 0 Å². The van der Waals surface area contributed by atoms with Crippen LogP contribution in [0.25, 0.3) is 0 Å². The highest BCUT2D eigenvalue weighted by molar-refractivity contribution is 5.65. The molecule has 19 heavy (non-hydrogen) atoms. The lowest BCUT2D eigenvalue weighted by atomic mass is 9.64. The molecule has 3 N–H and O–H groups in total. The topological polar surface area (TPSA) is 65.1 Å². The lowest BCUT2D eigenvalue weighted by molar-refractivity contribution is -0.0796. The molecular weight excluding hydrogens is 240 g/mol. The minimum Gasteiger partial charge on any atom is -0.394 e. The van der Waals surface area contributed by atoms with Crippen molar-refractivity contribution in [2.24, 2.45) is 5.41 Å². The molecule has 108 valence electrons. The largest absolute Gasteiger partial charge is 0.394 e. The standard InChI is InChI=1S/C14H26N4O/c1-6-7-18-13(12(15)9(2)17-18)16-10-8-11(19-5)14(10,3)4/h10-11,16H,6-8,15H2,1-5H3. The van der Waals surface area contributed by atoms with Gasteiger partial charge in [0.25, 0.3) is 0 Å². The van der Waals surface area contributed by atoms with Crippen LogP contribution in [0.3, 0.4) is 0 Å². The summed E-state index contributed by atoms with van der Waals surface area (Å²) in [6, 6.07) is 0.381. The van der Waals surface area contributed by atoms with E-state index in [0.29, 0.717) is 12.1 Å². The number of anilines is 2. The van der Waals surface area contributed by atoms with Gasteiger partial charge in [0.1, 0.15) is 5.82 Å². The third-order valence-corrected chi connectivity index (χ3v) is 4.38. The predicted octanol–water partition coefficient (Wildman–Crippen LogP) is 2.41.